The number of nitriles is 1. The maximum atomic E-state index is 11.9. The zero-order valence-electron chi connectivity index (χ0n) is 10.4. The second-order valence-corrected chi connectivity index (χ2v) is 4.30. The van der Waals surface area contributed by atoms with E-state index in [1.807, 2.05) is 6.07 Å². The van der Waals surface area contributed by atoms with Gasteiger partial charge in [-0.15, -0.1) is 0 Å². The largest absolute Gasteiger partial charge is 0.396 e. The van der Waals surface area contributed by atoms with Crippen LogP contribution in [-0.2, 0) is 9.59 Å². The van der Waals surface area contributed by atoms with E-state index >= 15 is 0 Å². The number of likely N-dealkylation sites (N-methyl/N-ethyl adjacent to an activating group) is 1. The van der Waals surface area contributed by atoms with Crippen LogP contribution in [0.15, 0.2) is 12.3 Å². The smallest absolute Gasteiger partial charge is 0.251 e. The summed E-state index contributed by atoms with van der Waals surface area (Å²) >= 11 is 0. The zero-order chi connectivity index (χ0) is 14.0. The van der Waals surface area contributed by atoms with Crippen molar-refractivity contribution in [2.75, 3.05) is 18.1 Å². The number of nitrogens with two attached hydrogens (primary N) is 1. The fourth-order valence-electron chi connectivity index (χ4n) is 1.88. The molecule has 19 heavy (non-hydrogen) atoms. The molecule has 3 N–H and O–H groups in total. The van der Waals surface area contributed by atoms with Crippen LogP contribution in [0.3, 0.4) is 0 Å². The van der Waals surface area contributed by atoms with Crippen LogP contribution in [0.5, 0.6) is 0 Å². The van der Waals surface area contributed by atoms with Gasteiger partial charge in [-0.1, -0.05) is 0 Å². The molecule has 2 rings (SSSR count). The summed E-state index contributed by atoms with van der Waals surface area (Å²) in [7, 11) is 1.45. The molecule has 1 fully saturated rings. The summed E-state index contributed by atoms with van der Waals surface area (Å²) < 4.78 is 0. The van der Waals surface area contributed by atoms with E-state index in [2.05, 4.69) is 10.3 Å². The molecule has 1 unspecified atom stereocenters. The lowest BCUT2D eigenvalue weighted by Gasteiger charge is -2.28. The molecule has 0 bridgehead atoms. The normalized spacial score (nSPS) is 19.2. The van der Waals surface area contributed by atoms with Crippen molar-refractivity contribution in [3.8, 4) is 6.07 Å². The number of nitrogen functional groups attached to an aromatic ring is 1. The lowest BCUT2D eigenvalue weighted by Crippen LogP contribution is -2.48. The molecular formula is C12H13N5O2. The van der Waals surface area contributed by atoms with Gasteiger partial charge in [0, 0.05) is 19.7 Å². The molecule has 0 aromatic carbocycles. The van der Waals surface area contributed by atoms with Crippen LogP contribution in [-0.4, -0.2) is 34.8 Å². The summed E-state index contributed by atoms with van der Waals surface area (Å²) in [6, 6.07) is 2.89. The van der Waals surface area contributed by atoms with E-state index in [4.69, 9.17) is 11.0 Å². The molecule has 0 aliphatic carbocycles. The van der Waals surface area contributed by atoms with E-state index in [-0.39, 0.29) is 11.8 Å². The number of rotatable bonds is 2. The van der Waals surface area contributed by atoms with Crippen molar-refractivity contribution >= 4 is 23.3 Å². The maximum Gasteiger partial charge on any atom is 0.251 e. The van der Waals surface area contributed by atoms with Crippen LogP contribution in [0.1, 0.15) is 18.4 Å². The Hall–Kier alpha value is -2.62. The van der Waals surface area contributed by atoms with E-state index in [0.29, 0.717) is 29.9 Å². The summed E-state index contributed by atoms with van der Waals surface area (Å²) in [4.78, 5) is 28.4. The second-order valence-electron chi connectivity index (χ2n) is 4.30. The number of hydrogen-bond donors (Lipinski definition) is 2. The van der Waals surface area contributed by atoms with Gasteiger partial charge in [-0.3, -0.25) is 14.5 Å². The van der Waals surface area contributed by atoms with E-state index in [0.717, 1.165) is 4.90 Å². The standard InChI is InChI=1S/C12H13N5O2/c1-17-10(18)3-2-9(12(17)19)16-11-8(14)4-7(5-13)6-15-11/h4,6,9H,2-3,14H2,1H3,(H,15,16). The first-order valence-corrected chi connectivity index (χ1v) is 5.75. The summed E-state index contributed by atoms with van der Waals surface area (Å²) in [6.07, 6.45) is 2.08. The van der Waals surface area contributed by atoms with Crippen LogP contribution in [0, 0.1) is 11.3 Å². The molecule has 2 amide bonds. The zero-order valence-corrected chi connectivity index (χ0v) is 10.4. The molecule has 1 aliphatic rings. The Kier molecular flexibility index (Phi) is 3.33. The Morgan fingerprint density at radius 3 is 2.95 bits per heavy atom. The first kappa shape index (κ1) is 12.8. The van der Waals surface area contributed by atoms with Gasteiger partial charge in [0.15, 0.2) is 0 Å². The number of carbonyl (C=O) groups is 2. The third-order valence-corrected chi connectivity index (χ3v) is 3.01. The van der Waals surface area contributed by atoms with Crippen molar-refractivity contribution in [2.24, 2.45) is 0 Å². The number of likely N-dealkylation sites (tertiary alicyclic amines) is 1. The number of carbonyl (C=O) groups excluding carboxylic acids is 2. The highest BCUT2D eigenvalue weighted by Crippen LogP contribution is 2.21. The van der Waals surface area contributed by atoms with Gasteiger partial charge in [-0.25, -0.2) is 4.98 Å². The Bertz CT molecular complexity index is 578. The third-order valence-electron chi connectivity index (χ3n) is 3.01. The Morgan fingerprint density at radius 2 is 2.32 bits per heavy atom. The summed E-state index contributed by atoms with van der Waals surface area (Å²) in [5, 5.41) is 11.6. The topological polar surface area (TPSA) is 112 Å². The van der Waals surface area contributed by atoms with E-state index < -0.39 is 6.04 Å². The number of hydrogen-bond acceptors (Lipinski definition) is 6. The monoisotopic (exact) mass is 259 g/mol. The molecule has 2 heterocycles. The first-order valence-electron chi connectivity index (χ1n) is 5.75. The Balaban J connectivity index is 2.16. The summed E-state index contributed by atoms with van der Waals surface area (Å²) in [5.41, 5.74) is 6.40. The summed E-state index contributed by atoms with van der Waals surface area (Å²) in [6.45, 7) is 0. The molecule has 0 radical (unpaired) electrons. The van der Waals surface area contributed by atoms with E-state index in [9.17, 15) is 9.59 Å². The molecule has 1 aliphatic heterocycles. The van der Waals surface area contributed by atoms with E-state index in [1.54, 1.807) is 0 Å². The molecule has 1 aromatic rings. The number of piperidine rings is 1. The van der Waals surface area contributed by atoms with Crippen LogP contribution in [0.4, 0.5) is 11.5 Å². The minimum Gasteiger partial charge on any atom is -0.396 e. The average molecular weight is 259 g/mol. The van der Waals surface area contributed by atoms with Gasteiger partial charge < -0.3 is 11.1 Å². The minimum atomic E-state index is -0.523. The minimum absolute atomic E-state index is 0.191. The average Bonchev–Trinajstić information content (AvgIpc) is 2.41. The molecule has 1 atom stereocenters. The molecule has 98 valence electrons. The lowest BCUT2D eigenvalue weighted by molar-refractivity contribution is -0.146. The van der Waals surface area contributed by atoms with Crippen LogP contribution >= 0.6 is 0 Å². The number of nitrogens with one attached hydrogen (secondary N) is 1. The molecule has 7 nitrogen and oxygen atoms in total. The molecular weight excluding hydrogens is 246 g/mol. The van der Waals surface area contributed by atoms with Crippen molar-refractivity contribution in [1.82, 2.24) is 9.88 Å². The van der Waals surface area contributed by atoms with Gasteiger partial charge >= 0.3 is 0 Å². The lowest BCUT2D eigenvalue weighted by atomic mass is 10.0. The fraction of sp³-hybridized carbons (Fsp3) is 0.333. The highest BCUT2D eigenvalue weighted by atomic mass is 16.2. The number of nitrogens with zero attached hydrogens (tertiary/aromatic N) is 3. The maximum absolute atomic E-state index is 11.9. The highest BCUT2D eigenvalue weighted by molar-refractivity contribution is 6.01. The van der Waals surface area contributed by atoms with Crippen molar-refractivity contribution in [3.63, 3.8) is 0 Å². The number of pyridine rings is 1. The number of imide groups is 1. The number of aromatic nitrogens is 1. The SMILES string of the molecule is CN1C(=O)CCC(Nc2ncc(C#N)cc2N)C1=O. The van der Waals surface area contributed by atoms with Gasteiger partial charge in [-0.05, 0) is 12.5 Å². The van der Waals surface area contributed by atoms with Crippen LogP contribution in [0.2, 0.25) is 0 Å². The Labute approximate surface area is 110 Å². The molecule has 1 saturated heterocycles. The highest BCUT2D eigenvalue weighted by Gasteiger charge is 2.32. The van der Waals surface area contributed by atoms with Gasteiger partial charge in [0.05, 0.1) is 11.3 Å². The predicted molar refractivity (Wildman–Crippen MR) is 67.8 cm³/mol. The van der Waals surface area contributed by atoms with Crippen molar-refractivity contribution in [1.29, 1.82) is 5.26 Å². The van der Waals surface area contributed by atoms with Crippen molar-refractivity contribution < 1.29 is 9.59 Å². The van der Waals surface area contributed by atoms with Crippen molar-refractivity contribution in [2.45, 2.75) is 18.9 Å². The summed E-state index contributed by atoms with van der Waals surface area (Å²) in [5.74, 6) is -0.147. The quantitative estimate of drug-likeness (QED) is 0.728. The predicted octanol–water partition coefficient (Wildman–Crippen LogP) is 0.0948. The van der Waals surface area contributed by atoms with E-state index in [1.165, 1.54) is 19.3 Å². The van der Waals surface area contributed by atoms with Crippen molar-refractivity contribution in [3.05, 3.63) is 17.8 Å². The second kappa shape index (κ2) is 4.94. The van der Waals surface area contributed by atoms with Gasteiger partial charge in [0.1, 0.15) is 17.9 Å². The van der Waals surface area contributed by atoms with Gasteiger partial charge in [-0.2, -0.15) is 5.26 Å². The number of amides is 2. The Morgan fingerprint density at radius 1 is 1.58 bits per heavy atom. The van der Waals surface area contributed by atoms with Crippen LogP contribution in [0.25, 0.3) is 0 Å². The first-order chi connectivity index (χ1) is 9.02. The van der Waals surface area contributed by atoms with Gasteiger partial charge in [0.25, 0.3) is 5.91 Å². The van der Waals surface area contributed by atoms with Crippen LogP contribution < -0.4 is 11.1 Å². The molecule has 7 heteroatoms. The third kappa shape index (κ3) is 2.47. The molecule has 0 spiro atoms. The number of anilines is 2. The van der Waals surface area contributed by atoms with Gasteiger partial charge in [0.2, 0.25) is 5.91 Å². The molecule has 1 aromatic heterocycles. The fourth-order valence-corrected chi connectivity index (χ4v) is 1.88. The molecule has 0 saturated carbocycles.